The van der Waals surface area contributed by atoms with Crippen molar-refractivity contribution in [1.29, 1.82) is 5.26 Å². The highest BCUT2D eigenvalue weighted by atomic mass is 16.4. The van der Waals surface area contributed by atoms with Crippen molar-refractivity contribution in [3.63, 3.8) is 0 Å². The van der Waals surface area contributed by atoms with Crippen LogP contribution < -0.4 is 5.73 Å². The minimum atomic E-state index is -1.21. The average molecular weight is 364 g/mol. The van der Waals surface area contributed by atoms with E-state index in [0.29, 0.717) is 16.3 Å². The van der Waals surface area contributed by atoms with Gasteiger partial charge in [0, 0.05) is 10.8 Å². The number of amides is 1. The summed E-state index contributed by atoms with van der Waals surface area (Å²) in [7, 11) is 0. The van der Waals surface area contributed by atoms with Crippen LogP contribution in [0.4, 0.5) is 0 Å². The zero-order valence-corrected chi connectivity index (χ0v) is 14.5. The molecule has 3 N–H and O–H groups in total. The number of rotatable bonds is 2. The van der Waals surface area contributed by atoms with Crippen molar-refractivity contribution >= 4 is 55.0 Å². The minimum Gasteiger partial charge on any atom is -0.478 e. The number of hydrogen-bond acceptors (Lipinski definition) is 3. The van der Waals surface area contributed by atoms with Gasteiger partial charge in [-0.3, -0.25) is 4.79 Å². The Kier molecular flexibility index (Phi) is 3.10. The third kappa shape index (κ3) is 1.89. The lowest BCUT2D eigenvalue weighted by Gasteiger charge is -2.18. The van der Waals surface area contributed by atoms with E-state index in [1.165, 1.54) is 6.07 Å². The molecule has 0 aliphatic carbocycles. The lowest BCUT2D eigenvalue weighted by atomic mass is 9.85. The van der Waals surface area contributed by atoms with Gasteiger partial charge in [-0.15, -0.1) is 0 Å². The Bertz CT molecular complexity index is 1530. The summed E-state index contributed by atoms with van der Waals surface area (Å²) in [6, 6.07) is 18.5. The number of aromatic carboxylic acids is 1. The van der Waals surface area contributed by atoms with Gasteiger partial charge in [0.15, 0.2) is 0 Å². The molecule has 0 saturated carbocycles. The second kappa shape index (κ2) is 5.41. The molecule has 132 valence electrons. The smallest absolute Gasteiger partial charge is 0.336 e. The molecule has 0 aliphatic heterocycles. The number of carboxylic acids is 1. The van der Waals surface area contributed by atoms with E-state index >= 15 is 0 Å². The Morgan fingerprint density at radius 1 is 0.857 bits per heavy atom. The first-order chi connectivity index (χ1) is 13.5. The van der Waals surface area contributed by atoms with Crippen LogP contribution in [0.25, 0.3) is 43.1 Å². The van der Waals surface area contributed by atoms with E-state index in [1.54, 1.807) is 12.1 Å². The van der Waals surface area contributed by atoms with Gasteiger partial charge < -0.3 is 10.8 Å². The van der Waals surface area contributed by atoms with E-state index in [-0.39, 0.29) is 11.1 Å². The maximum atomic E-state index is 12.3. The number of nitrogens with zero attached hydrogens (tertiary/aromatic N) is 1. The quantitative estimate of drug-likeness (QED) is 0.358. The molecule has 0 aliphatic rings. The summed E-state index contributed by atoms with van der Waals surface area (Å²) < 4.78 is 0. The summed E-state index contributed by atoms with van der Waals surface area (Å²) in [5, 5.41) is 25.4. The minimum absolute atomic E-state index is 0.00652. The molecule has 5 nitrogen and oxygen atoms in total. The van der Waals surface area contributed by atoms with Gasteiger partial charge in [0.1, 0.15) is 0 Å². The molecule has 5 heteroatoms. The molecule has 28 heavy (non-hydrogen) atoms. The second-order valence-corrected chi connectivity index (χ2v) is 6.75. The first kappa shape index (κ1) is 16.0. The molecule has 0 radical (unpaired) electrons. The summed E-state index contributed by atoms with van der Waals surface area (Å²) in [5.41, 5.74) is 6.04. The van der Waals surface area contributed by atoms with E-state index in [9.17, 15) is 20.0 Å². The standard InChI is InChI=1S/C23H12N2O3/c24-10-12-7-8-15-14-5-1-3-11-9-17(23(27)28)21(22(25)26)20(18(11)14)16-6-2-4-13(12)19(15)16/h1-9H,(H2,25,26)(H,27,28). The molecular weight excluding hydrogens is 352 g/mol. The predicted octanol–water partition coefficient (Wildman–Crippen LogP) is 4.41. The number of hydrogen-bond donors (Lipinski definition) is 2. The maximum absolute atomic E-state index is 12.3. The van der Waals surface area contributed by atoms with Crippen molar-refractivity contribution in [3.05, 3.63) is 71.3 Å². The number of carbonyl (C=O) groups is 2. The summed E-state index contributed by atoms with van der Waals surface area (Å²) >= 11 is 0. The second-order valence-electron chi connectivity index (χ2n) is 6.75. The van der Waals surface area contributed by atoms with E-state index in [4.69, 9.17) is 5.73 Å². The summed E-state index contributed by atoms with van der Waals surface area (Å²) in [5.74, 6) is -2.00. The Labute approximate surface area is 158 Å². The van der Waals surface area contributed by atoms with Gasteiger partial charge in [0.25, 0.3) is 0 Å². The van der Waals surface area contributed by atoms with Gasteiger partial charge >= 0.3 is 5.97 Å². The van der Waals surface area contributed by atoms with Crippen LogP contribution in [0.15, 0.2) is 54.6 Å². The molecule has 0 atom stereocenters. The number of fused-ring (bicyclic) bond motifs is 2. The van der Waals surface area contributed by atoms with Crippen LogP contribution in [-0.4, -0.2) is 17.0 Å². The predicted molar refractivity (Wildman–Crippen MR) is 108 cm³/mol. The summed E-state index contributed by atoms with van der Waals surface area (Å²) in [4.78, 5) is 24.2. The number of primary amides is 1. The first-order valence-corrected chi connectivity index (χ1v) is 8.62. The van der Waals surface area contributed by atoms with E-state index < -0.39 is 11.9 Å². The van der Waals surface area contributed by atoms with Gasteiger partial charge in [0.05, 0.1) is 22.8 Å². The Balaban J connectivity index is 2.25. The number of nitriles is 1. The van der Waals surface area contributed by atoms with Crippen molar-refractivity contribution in [2.45, 2.75) is 0 Å². The molecule has 1 amide bonds. The molecule has 0 fully saturated rings. The zero-order chi connectivity index (χ0) is 19.6. The molecular formula is C23H12N2O3. The van der Waals surface area contributed by atoms with Crippen LogP contribution in [-0.2, 0) is 0 Å². The largest absolute Gasteiger partial charge is 0.478 e. The third-order valence-corrected chi connectivity index (χ3v) is 5.36. The Hall–Kier alpha value is -4.17. The van der Waals surface area contributed by atoms with Gasteiger partial charge in [-0.05, 0) is 44.5 Å². The van der Waals surface area contributed by atoms with Crippen molar-refractivity contribution in [3.8, 4) is 6.07 Å². The monoisotopic (exact) mass is 364 g/mol. The Morgan fingerprint density at radius 2 is 1.54 bits per heavy atom. The molecule has 0 heterocycles. The van der Waals surface area contributed by atoms with Crippen LogP contribution in [0.5, 0.6) is 0 Å². The molecule has 0 aromatic heterocycles. The van der Waals surface area contributed by atoms with Crippen molar-refractivity contribution < 1.29 is 14.7 Å². The zero-order valence-electron chi connectivity index (χ0n) is 14.5. The van der Waals surface area contributed by atoms with E-state index in [2.05, 4.69) is 6.07 Å². The van der Waals surface area contributed by atoms with Crippen LogP contribution in [0.1, 0.15) is 26.3 Å². The molecule has 5 rings (SSSR count). The highest BCUT2D eigenvalue weighted by Gasteiger charge is 2.24. The van der Waals surface area contributed by atoms with Crippen LogP contribution >= 0.6 is 0 Å². The van der Waals surface area contributed by atoms with Crippen molar-refractivity contribution in [2.75, 3.05) is 0 Å². The highest BCUT2D eigenvalue weighted by Crippen LogP contribution is 2.43. The lowest BCUT2D eigenvalue weighted by molar-refractivity contribution is 0.0692. The molecule has 0 saturated heterocycles. The number of nitrogens with two attached hydrogens (primary N) is 1. The van der Waals surface area contributed by atoms with Gasteiger partial charge in [-0.2, -0.15) is 5.26 Å². The van der Waals surface area contributed by atoms with Crippen molar-refractivity contribution in [2.24, 2.45) is 5.73 Å². The Morgan fingerprint density at radius 3 is 2.25 bits per heavy atom. The third-order valence-electron chi connectivity index (χ3n) is 5.36. The van der Waals surface area contributed by atoms with Crippen molar-refractivity contribution in [1.82, 2.24) is 0 Å². The number of benzene rings is 5. The fraction of sp³-hybridized carbons (Fsp3) is 0. The topological polar surface area (TPSA) is 104 Å². The SMILES string of the molecule is N#Cc1ccc2c3cccc4cc(C(=O)O)c(C(N)=O)c(c5cccc1c25)c43. The highest BCUT2D eigenvalue weighted by molar-refractivity contribution is 6.37. The fourth-order valence-corrected chi connectivity index (χ4v) is 4.31. The van der Waals surface area contributed by atoms with E-state index in [1.807, 2.05) is 36.4 Å². The summed E-state index contributed by atoms with van der Waals surface area (Å²) in [6.45, 7) is 0. The number of carboxylic acid groups (broad SMARTS) is 1. The fourth-order valence-electron chi connectivity index (χ4n) is 4.31. The molecule has 0 bridgehead atoms. The first-order valence-electron chi connectivity index (χ1n) is 8.62. The normalized spacial score (nSPS) is 11.4. The van der Waals surface area contributed by atoms with Crippen LogP contribution in [0, 0.1) is 11.3 Å². The molecule has 0 unspecified atom stereocenters. The number of carbonyl (C=O) groups excluding carboxylic acids is 1. The van der Waals surface area contributed by atoms with Gasteiger partial charge in [0.2, 0.25) is 5.91 Å². The molecule has 5 aromatic carbocycles. The molecule has 0 spiro atoms. The summed E-state index contributed by atoms with van der Waals surface area (Å²) in [6.07, 6.45) is 0. The van der Waals surface area contributed by atoms with Gasteiger partial charge in [-0.25, -0.2) is 4.79 Å². The van der Waals surface area contributed by atoms with Gasteiger partial charge in [-0.1, -0.05) is 42.5 Å². The maximum Gasteiger partial charge on any atom is 0.336 e. The average Bonchev–Trinajstić information content (AvgIpc) is 2.70. The van der Waals surface area contributed by atoms with Crippen LogP contribution in [0.3, 0.4) is 0 Å². The molecule has 5 aromatic rings. The lowest BCUT2D eigenvalue weighted by Crippen LogP contribution is -2.17. The van der Waals surface area contributed by atoms with E-state index in [0.717, 1.165) is 32.3 Å². The van der Waals surface area contributed by atoms with Crippen LogP contribution in [0.2, 0.25) is 0 Å².